The van der Waals surface area contributed by atoms with Gasteiger partial charge in [-0.3, -0.25) is 0 Å². The van der Waals surface area contributed by atoms with Gasteiger partial charge in [-0.05, 0) is 40.8 Å². The first-order chi connectivity index (χ1) is 10.4. The Morgan fingerprint density at radius 1 is 1.10 bits per heavy atom. The molecule has 2 aromatic carbocycles. The zero-order valence-electron chi connectivity index (χ0n) is 11.0. The second-order valence-corrected chi connectivity index (χ2v) is 4.31. The van der Waals surface area contributed by atoms with Crippen LogP contribution in [0.3, 0.4) is 0 Å². The van der Waals surface area contributed by atoms with Crippen molar-refractivity contribution in [1.82, 2.24) is 20.2 Å². The summed E-state index contributed by atoms with van der Waals surface area (Å²) in [5.74, 6) is 0.722. The van der Waals surface area contributed by atoms with Gasteiger partial charge in [-0.2, -0.15) is 5.26 Å². The third-order valence-electron chi connectivity index (χ3n) is 2.98. The van der Waals surface area contributed by atoms with E-state index in [1.54, 1.807) is 10.7 Å². The standard InChI is InChI=1S/C15H11N5O/c16-9-12-3-1-2-4-13(12)10-21-15-7-5-14(6-8-15)20-11-17-18-19-20/h1-8,11H,10H2. The molecule has 0 N–H and O–H groups in total. The van der Waals surface area contributed by atoms with Gasteiger partial charge in [0.1, 0.15) is 18.7 Å². The molecule has 6 heteroatoms. The molecule has 3 rings (SSSR count). The molecule has 6 nitrogen and oxygen atoms in total. The van der Waals surface area contributed by atoms with Crippen molar-refractivity contribution in [1.29, 1.82) is 5.26 Å². The van der Waals surface area contributed by atoms with E-state index in [9.17, 15) is 0 Å². The normalized spacial score (nSPS) is 10.0. The first kappa shape index (κ1) is 12.8. The Hall–Kier alpha value is -3.20. The molecule has 1 aromatic heterocycles. The van der Waals surface area contributed by atoms with Crippen LogP contribution in [0.2, 0.25) is 0 Å². The van der Waals surface area contributed by atoms with E-state index in [1.165, 1.54) is 6.33 Å². The SMILES string of the molecule is N#Cc1ccccc1COc1ccc(-n2cnnn2)cc1. The summed E-state index contributed by atoms with van der Waals surface area (Å²) in [7, 11) is 0. The van der Waals surface area contributed by atoms with Gasteiger partial charge in [0.15, 0.2) is 0 Å². The summed E-state index contributed by atoms with van der Waals surface area (Å²) >= 11 is 0. The number of benzene rings is 2. The predicted octanol–water partition coefficient (Wildman–Crippen LogP) is 2.11. The van der Waals surface area contributed by atoms with Crippen LogP contribution < -0.4 is 4.74 Å². The van der Waals surface area contributed by atoms with E-state index in [0.29, 0.717) is 12.2 Å². The highest BCUT2D eigenvalue weighted by molar-refractivity contribution is 5.38. The van der Waals surface area contributed by atoms with Gasteiger partial charge in [0.2, 0.25) is 0 Å². The van der Waals surface area contributed by atoms with Crippen molar-refractivity contribution in [2.24, 2.45) is 0 Å². The fraction of sp³-hybridized carbons (Fsp3) is 0.0667. The van der Waals surface area contributed by atoms with Crippen molar-refractivity contribution in [2.45, 2.75) is 6.61 Å². The molecule has 0 aliphatic carbocycles. The van der Waals surface area contributed by atoms with Crippen molar-refractivity contribution >= 4 is 0 Å². The maximum absolute atomic E-state index is 9.03. The first-order valence-corrected chi connectivity index (χ1v) is 6.31. The van der Waals surface area contributed by atoms with Gasteiger partial charge in [0.25, 0.3) is 0 Å². The number of hydrogen-bond donors (Lipinski definition) is 0. The van der Waals surface area contributed by atoms with E-state index in [2.05, 4.69) is 21.6 Å². The second-order valence-electron chi connectivity index (χ2n) is 4.31. The van der Waals surface area contributed by atoms with Crippen LogP contribution in [0, 0.1) is 11.3 Å². The van der Waals surface area contributed by atoms with Crippen molar-refractivity contribution in [3.63, 3.8) is 0 Å². The molecule has 0 aliphatic heterocycles. The van der Waals surface area contributed by atoms with E-state index >= 15 is 0 Å². The lowest BCUT2D eigenvalue weighted by atomic mass is 10.1. The quantitative estimate of drug-likeness (QED) is 0.730. The summed E-state index contributed by atoms with van der Waals surface area (Å²) in [5, 5.41) is 20.0. The van der Waals surface area contributed by atoms with E-state index in [0.717, 1.165) is 17.0 Å². The average Bonchev–Trinajstić information content (AvgIpc) is 3.08. The molecule has 102 valence electrons. The van der Waals surface area contributed by atoms with Crippen LogP contribution in [0.5, 0.6) is 5.75 Å². The number of aromatic nitrogens is 4. The third-order valence-corrected chi connectivity index (χ3v) is 2.98. The van der Waals surface area contributed by atoms with E-state index in [1.807, 2.05) is 42.5 Å². The van der Waals surface area contributed by atoms with Crippen LogP contribution in [0.1, 0.15) is 11.1 Å². The maximum Gasteiger partial charge on any atom is 0.143 e. The molecule has 0 atom stereocenters. The molecule has 21 heavy (non-hydrogen) atoms. The summed E-state index contributed by atoms with van der Waals surface area (Å²) in [6, 6.07) is 16.9. The number of ether oxygens (including phenoxy) is 1. The molecule has 0 bridgehead atoms. The number of nitriles is 1. The molecule has 0 saturated heterocycles. The number of hydrogen-bond acceptors (Lipinski definition) is 5. The molecule has 0 spiro atoms. The summed E-state index contributed by atoms with van der Waals surface area (Å²) in [5.41, 5.74) is 2.34. The lowest BCUT2D eigenvalue weighted by Gasteiger charge is -2.08. The summed E-state index contributed by atoms with van der Waals surface area (Å²) in [6.07, 6.45) is 1.53. The Balaban J connectivity index is 1.70. The molecule has 3 aromatic rings. The van der Waals surface area contributed by atoms with Gasteiger partial charge in [0, 0.05) is 5.56 Å². The summed E-state index contributed by atoms with van der Waals surface area (Å²) < 4.78 is 7.26. The fourth-order valence-corrected chi connectivity index (χ4v) is 1.89. The maximum atomic E-state index is 9.03. The average molecular weight is 277 g/mol. The van der Waals surface area contributed by atoms with Crippen LogP contribution >= 0.6 is 0 Å². The Bertz CT molecular complexity index is 760. The van der Waals surface area contributed by atoms with E-state index in [-0.39, 0.29) is 0 Å². The van der Waals surface area contributed by atoms with Crippen molar-refractivity contribution < 1.29 is 4.74 Å². The highest BCUT2D eigenvalue weighted by Gasteiger charge is 2.03. The van der Waals surface area contributed by atoms with Gasteiger partial charge in [0.05, 0.1) is 17.3 Å². The lowest BCUT2D eigenvalue weighted by Crippen LogP contribution is -1.99. The Morgan fingerprint density at radius 2 is 1.90 bits per heavy atom. The van der Waals surface area contributed by atoms with Crippen molar-refractivity contribution in [2.75, 3.05) is 0 Å². The topological polar surface area (TPSA) is 76.6 Å². The van der Waals surface area contributed by atoms with Crippen LogP contribution in [0.25, 0.3) is 5.69 Å². The summed E-state index contributed by atoms with van der Waals surface area (Å²) in [6.45, 7) is 0.355. The minimum Gasteiger partial charge on any atom is -0.489 e. The minimum atomic E-state index is 0.355. The molecular weight excluding hydrogens is 266 g/mol. The molecule has 0 saturated carbocycles. The number of nitrogens with zero attached hydrogens (tertiary/aromatic N) is 5. The van der Waals surface area contributed by atoms with Gasteiger partial charge in [-0.25, -0.2) is 4.68 Å². The van der Waals surface area contributed by atoms with Crippen molar-refractivity contribution in [3.8, 4) is 17.5 Å². The van der Waals surface area contributed by atoms with Crippen molar-refractivity contribution in [3.05, 3.63) is 66.0 Å². The zero-order valence-corrected chi connectivity index (χ0v) is 11.0. The Morgan fingerprint density at radius 3 is 2.62 bits per heavy atom. The minimum absolute atomic E-state index is 0.355. The highest BCUT2D eigenvalue weighted by atomic mass is 16.5. The van der Waals surface area contributed by atoms with Gasteiger partial charge in [-0.15, -0.1) is 5.10 Å². The number of rotatable bonds is 4. The highest BCUT2D eigenvalue weighted by Crippen LogP contribution is 2.17. The molecule has 0 radical (unpaired) electrons. The van der Waals surface area contributed by atoms with Crippen LogP contribution in [0.4, 0.5) is 0 Å². The second kappa shape index (κ2) is 5.84. The number of tetrazole rings is 1. The van der Waals surface area contributed by atoms with Gasteiger partial charge in [-0.1, -0.05) is 18.2 Å². The molecule has 0 amide bonds. The van der Waals surface area contributed by atoms with Crippen LogP contribution in [-0.4, -0.2) is 20.2 Å². The van der Waals surface area contributed by atoms with E-state index in [4.69, 9.17) is 10.00 Å². The molecule has 1 heterocycles. The zero-order chi connectivity index (χ0) is 14.5. The smallest absolute Gasteiger partial charge is 0.143 e. The lowest BCUT2D eigenvalue weighted by molar-refractivity contribution is 0.306. The molecule has 0 unspecified atom stereocenters. The molecule has 0 fully saturated rings. The predicted molar refractivity (Wildman–Crippen MR) is 74.6 cm³/mol. The van der Waals surface area contributed by atoms with Gasteiger partial charge < -0.3 is 4.74 Å². The monoisotopic (exact) mass is 277 g/mol. The fourth-order valence-electron chi connectivity index (χ4n) is 1.89. The Labute approximate surface area is 121 Å². The van der Waals surface area contributed by atoms with Gasteiger partial charge >= 0.3 is 0 Å². The Kier molecular flexibility index (Phi) is 3.56. The first-order valence-electron chi connectivity index (χ1n) is 6.31. The van der Waals surface area contributed by atoms with Crippen LogP contribution in [0.15, 0.2) is 54.9 Å². The van der Waals surface area contributed by atoms with E-state index < -0.39 is 0 Å². The summed E-state index contributed by atoms with van der Waals surface area (Å²) in [4.78, 5) is 0. The molecular formula is C15H11N5O. The largest absolute Gasteiger partial charge is 0.489 e. The third kappa shape index (κ3) is 2.87. The molecule has 0 aliphatic rings. The van der Waals surface area contributed by atoms with Crippen LogP contribution in [-0.2, 0) is 6.61 Å².